The molecule has 0 aromatic carbocycles. The molecule has 29 heavy (non-hydrogen) atoms. The molecule has 6 heteroatoms. The van der Waals surface area contributed by atoms with E-state index in [1.54, 1.807) is 0 Å². The molecule has 0 saturated heterocycles. The molecule has 4 aromatic heterocycles. The van der Waals surface area contributed by atoms with Crippen LogP contribution in [-0.2, 0) is 30.8 Å². The predicted molar refractivity (Wildman–Crippen MR) is 106 cm³/mol. The molecular formula is C23H24N6+2. The maximum Gasteiger partial charge on any atom is 0.435 e. The number of hydrogen-bond donors (Lipinski definition) is 0. The fourth-order valence-electron chi connectivity index (χ4n) is 6.93. The summed E-state index contributed by atoms with van der Waals surface area (Å²) in [5, 5.41) is 0. The lowest BCUT2D eigenvalue weighted by Crippen LogP contribution is -2.59. The van der Waals surface area contributed by atoms with E-state index in [1.807, 2.05) is 0 Å². The zero-order chi connectivity index (χ0) is 19.8. The zero-order valence-electron chi connectivity index (χ0n) is 17.6. The summed E-state index contributed by atoms with van der Waals surface area (Å²) in [5.74, 6) is 2.15. The Kier molecular flexibility index (Phi) is 1.86. The van der Waals surface area contributed by atoms with Crippen molar-refractivity contribution in [3.63, 3.8) is 0 Å². The second-order valence-corrected chi connectivity index (χ2v) is 10.3. The van der Waals surface area contributed by atoms with Crippen LogP contribution in [0.1, 0.15) is 50.5 Å². The minimum absolute atomic E-state index is 0.0553. The molecule has 4 aliphatic rings. The van der Waals surface area contributed by atoms with Crippen molar-refractivity contribution >= 4 is 0 Å². The van der Waals surface area contributed by atoms with Gasteiger partial charge in [0.05, 0.1) is 19.5 Å². The molecule has 4 aromatic rings. The van der Waals surface area contributed by atoms with Crippen LogP contribution in [0.5, 0.6) is 0 Å². The summed E-state index contributed by atoms with van der Waals surface area (Å²) < 4.78 is 15.1. The highest BCUT2D eigenvalue weighted by Crippen LogP contribution is 2.59. The first-order valence-electron chi connectivity index (χ1n) is 10.4. The molecule has 8 heterocycles. The molecular weight excluding hydrogens is 360 g/mol. The second kappa shape index (κ2) is 3.62. The Labute approximate surface area is 168 Å². The van der Waals surface area contributed by atoms with E-state index in [1.165, 1.54) is 45.8 Å². The maximum atomic E-state index is 2.61. The van der Waals surface area contributed by atoms with Gasteiger partial charge in [-0.15, -0.1) is 9.13 Å². The Balaban J connectivity index is 1.75. The highest BCUT2D eigenvalue weighted by atomic mass is 15.7. The van der Waals surface area contributed by atoms with Crippen molar-refractivity contribution < 1.29 is 9.13 Å². The van der Waals surface area contributed by atoms with E-state index in [2.05, 4.69) is 106 Å². The molecule has 0 saturated carbocycles. The van der Waals surface area contributed by atoms with Gasteiger partial charge in [0.1, 0.15) is 23.8 Å². The van der Waals surface area contributed by atoms with Crippen molar-refractivity contribution in [2.45, 2.75) is 44.4 Å². The van der Waals surface area contributed by atoms with E-state index < -0.39 is 5.91 Å². The van der Waals surface area contributed by atoms with Crippen LogP contribution >= 0.6 is 0 Å². The molecule has 0 aliphatic carbocycles. The average Bonchev–Trinajstić information content (AvgIpc) is 3.39. The molecule has 6 nitrogen and oxygen atoms in total. The van der Waals surface area contributed by atoms with Crippen LogP contribution in [0.3, 0.4) is 0 Å². The van der Waals surface area contributed by atoms with E-state index in [-0.39, 0.29) is 10.8 Å². The lowest BCUT2D eigenvalue weighted by atomic mass is 9.82. The summed E-state index contributed by atoms with van der Waals surface area (Å²) in [6, 6.07) is 9.34. The van der Waals surface area contributed by atoms with Crippen LogP contribution in [0, 0.1) is 0 Å². The molecule has 0 radical (unpaired) electrons. The lowest BCUT2D eigenvalue weighted by molar-refractivity contribution is -0.660. The summed E-state index contributed by atoms with van der Waals surface area (Å²) in [6.07, 6.45) is 4.69. The van der Waals surface area contributed by atoms with Crippen LogP contribution in [0.2, 0.25) is 0 Å². The van der Waals surface area contributed by atoms with Gasteiger partial charge in [0.15, 0.2) is 11.4 Å². The van der Waals surface area contributed by atoms with Crippen LogP contribution in [0.15, 0.2) is 36.7 Å². The van der Waals surface area contributed by atoms with E-state index in [0.29, 0.717) is 0 Å². The van der Waals surface area contributed by atoms with Gasteiger partial charge in [-0.3, -0.25) is 0 Å². The highest BCUT2D eigenvalue weighted by Gasteiger charge is 2.73. The zero-order valence-corrected chi connectivity index (χ0v) is 17.6. The van der Waals surface area contributed by atoms with Gasteiger partial charge in [0.25, 0.3) is 0 Å². The van der Waals surface area contributed by atoms with Gasteiger partial charge in [-0.1, -0.05) is 0 Å². The molecule has 0 N–H and O–H groups in total. The molecule has 8 rings (SSSR count). The number of hydrogen-bond acceptors (Lipinski definition) is 0. The molecule has 0 atom stereocenters. The van der Waals surface area contributed by atoms with E-state index in [0.717, 1.165) is 0 Å². The van der Waals surface area contributed by atoms with Crippen molar-refractivity contribution in [1.29, 1.82) is 0 Å². The number of rotatable bonds is 0. The molecule has 0 bridgehead atoms. The maximum absolute atomic E-state index is 2.61. The number of aryl methyl sites for hydroxylation is 2. The second-order valence-electron chi connectivity index (χ2n) is 10.3. The van der Waals surface area contributed by atoms with Gasteiger partial charge in [0, 0.05) is 16.8 Å². The number of aromatic nitrogens is 6. The first kappa shape index (κ1) is 14.9. The molecule has 0 unspecified atom stereocenters. The van der Waals surface area contributed by atoms with Crippen LogP contribution in [-0.4, -0.2) is 18.3 Å². The fourth-order valence-corrected chi connectivity index (χ4v) is 6.93. The monoisotopic (exact) mass is 384 g/mol. The topological polar surface area (TPSA) is 27.5 Å². The molecule has 0 amide bonds. The quantitative estimate of drug-likeness (QED) is 0.358. The minimum Gasteiger partial charge on any atom is -0.237 e. The molecule has 144 valence electrons. The van der Waals surface area contributed by atoms with E-state index in [9.17, 15) is 0 Å². The molecule has 0 fully saturated rings. The van der Waals surface area contributed by atoms with Crippen molar-refractivity contribution in [1.82, 2.24) is 18.3 Å². The largest absolute Gasteiger partial charge is 0.435 e. The molecule has 1 spiro atoms. The van der Waals surface area contributed by atoms with Gasteiger partial charge in [-0.05, 0) is 52.0 Å². The van der Waals surface area contributed by atoms with Crippen molar-refractivity contribution in [3.8, 4) is 23.0 Å². The van der Waals surface area contributed by atoms with Crippen LogP contribution < -0.4 is 9.13 Å². The summed E-state index contributed by atoms with van der Waals surface area (Å²) in [7, 11) is 4.39. The first-order chi connectivity index (χ1) is 13.7. The summed E-state index contributed by atoms with van der Waals surface area (Å²) in [5.41, 5.74) is 7.98. The SMILES string of the molecule is C[n+]1cc2n3c1-c1ccc4n1C31n3c(ccc3C4(C)C)-c3n1c(c[n+]3C)C2(C)C. The van der Waals surface area contributed by atoms with Crippen LogP contribution in [0.25, 0.3) is 23.0 Å². The third-order valence-electron chi connectivity index (χ3n) is 8.19. The smallest absolute Gasteiger partial charge is 0.237 e. The van der Waals surface area contributed by atoms with Gasteiger partial charge >= 0.3 is 17.6 Å². The third-order valence-corrected chi connectivity index (χ3v) is 8.19. The van der Waals surface area contributed by atoms with E-state index in [4.69, 9.17) is 0 Å². The van der Waals surface area contributed by atoms with Crippen molar-refractivity contribution in [2.75, 3.05) is 0 Å². The Morgan fingerprint density at radius 1 is 0.586 bits per heavy atom. The summed E-state index contributed by atoms with van der Waals surface area (Å²) in [6.45, 7) is 9.45. The highest BCUT2D eigenvalue weighted by molar-refractivity contribution is 5.68. The standard InChI is InChI=1S/C23H24N6/c1-21(2)15-9-7-13-19-24(5)11-17-22(3,4)18-12-25(6)20-14-8-10-16(21)27(14)23(26(13)15,28(17)19)29(18)20/h7-12H,1-6H3/q+2. The van der Waals surface area contributed by atoms with E-state index >= 15 is 0 Å². The van der Waals surface area contributed by atoms with Gasteiger partial charge in [0.2, 0.25) is 0 Å². The third kappa shape index (κ3) is 1.07. The minimum atomic E-state index is -0.425. The van der Waals surface area contributed by atoms with Gasteiger partial charge in [-0.25, -0.2) is 18.3 Å². The first-order valence-corrected chi connectivity index (χ1v) is 10.4. The number of nitrogens with zero attached hydrogens (tertiary/aromatic N) is 6. The predicted octanol–water partition coefficient (Wildman–Crippen LogP) is 1.99. The normalized spacial score (nSPS) is 20.9. The lowest BCUT2D eigenvalue weighted by Gasteiger charge is -2.42. The van der Waals surface area contributed by atoms with Crippen molar-refractivity contribution in [2.24, 2.45) is 14.1 Å². The Morgan fingerprint density at radius 3 is 1.45 bits per heavy atom. The fraction of sp³-hybridized carbons (Fsp3) is 0.391. The van der Waals surface area contributed by atoms with Gasteiger partial charge in [-0.2, -0.15) is 0 Å². The summed E-state index contributed by atoms with van der Waals surface area (Å²) in [4.78, 5) is 0. The van der Waals surface area contributed by atoms with Crippen LogP contribution in [0.4, 0.5) is 0 Å². The number of fused-ring (bicyclic) bond motifs is 2. The van der Waals surface area contributed by atoms with Crippen molar-refractivity contribution in [3.05, 3.63) is 59.4 Å². The molecule has 4 aliphatic heterocycles. The van der Waals surface area contributed by atoms with Gasteiger partial charge < -0.3 is 0 Å². The Bertz CT molecular complexity index is 1370. The average molecular weight is 384 g/mol. The Morgan fingerprint density at radius 2 is 1.00 bits per heavy atom. The summed E-state index contributed by atoms with van der Waals surface area (Å²) >= 11 is 0. The number of imidazole rings is 2. The Hall–Kier alpha value is -3.02.